The summed E-state index contributed by atoms with van der Waals surface area (Å²) in [7, 11) is 2.14. The number of hydrogen-bond acceptors (Lipinski definition) is 3. The first-order chi connectivity index (χ1) is 9.15. The van der Waals surface area contributed by atoms with Crippen LogP contribution in [0.1, 0.15) is 42.8 Å². The average Bonchev–Trinajstić information content (AvgIpc) is 2.99. The largest absolute Gasteiger partial charge is 0.367 e. The molecule has 2 rings (SSSR count). The van der Waals surface area contributed by atoms with Gasteiger partial charge in [0, 0.05) is 23.7 Å². The van der Waals surface area contributed by atoms with Crippen LogP contribution < -0.4 is 10.6 Å². The SMILES string of the molecule is CC[C@@H](N)c1ccccc1N(C)C(C)c1cccs1. The van der Waals surface area contributed by atoms with Gasteiger partial charge in [-0.3, -0.25) is 0 Å². The minimum absolute atomic E-state index is 0.106. The molecule has 3 heteroatoms. The molecule has 0 amide bonds. The van der Waals surface area contributed by atoms with Gasteiger partial charge in [-0.25, -0.2) is 0 Å². The molecule has 1 unspecified atom stereocenters. The highest BCUT2D eigenvalue weighted by Gasteiger charge is 2.17. The van der Waals surface area contributed by atoms with E-state index in [1.807, 2.05) is 0 Å². The van der Waals surface area contributed by atoms with Crippen LogP contribution in [-0.2, 0) is 0 Å². The number of nitrogens with two attached hydrogens (primary N) is 1. The zero-order valence-corrected chi connectivity index (χ0v) is 12.7. The van der Waals surface area contributed by atoms with Crippen molar-refractivity contribution in [3.8, 4) is 0 Å². The van der Waals surface area contributed by atoms with Crippen LogP contribution in [-0.4, -0.2) is 7.05 Å². The maximum absolute atomic E-state index is 6.23. The molecule has 0 saturated carbocycles. The van der Waals surface area contributed by atoms with E-state index in [9.17, 15) is 0 Å². The van der Waals surface area contributed by atoms with Crippen LogP contribution in [0.3, 0.4) is 0 Å². The van der Waals surface area contributed by atoms with Crippen molar-refractivity contribution in [3.05, 3.63) is 52.2 Å². The fraction of sp³-hybridized carbons (Fsp3) is 0.375. The molecule has 0 aliphatic heterocycles. The van der Waals surface area contributed by atoms with Gasteiger partial charge in [0.1, 0.15) is 0 Å². The number of hydrogen-bond donors (Lipinski definition) is 1. The van der Waals surface area contributed by atoms with E-state index in [0.717, 1.165) is 6.42 Å². The van der Waals surface area contributed by atoms with Gasteiger partial charge < -0.3 is 10.6 Å². The van der Waals surface area contributed by atoms with Crippen molar-refractivity contribution in [2.24, 2.45) is 5.73 Å². The zero-order valence-electron chi connectivity index (χ0n) is 11.8. The standard InChI is InChI=1S/C16H22N2S/c1-4-14(17)13-8-5-6-9-15(13)18(3)12(2)16-10-7-11-19-16/h5-12,14H,4,17H2,1-3H3/t12?,14-/m1/s1. The molecule has 1 heterocycles. The van der Waals surface area contributed by atoms with Crippen molar-refractivity contribution in [2.75, 3.05) is 11.9 Å². The lowest BCUT2D eigenvalue weighted by molar-refractivity contribution is 0.682. The quantitative estimate of drug-likeness (QED) is 0.878. The van der Waals surface area contributed by atoms with Crippen LogP contribution in [0.4, 0.5) is 5.69 Å². The van der Waals surface area contributed by atoms with Crippen LogP contribution in [0.5, 0.6) is 0 Å². The number of thiophene rings is 1. The molecule has 19 heavy (non-hydrogen) atoms. The topological polar surface area (TPSA) is 29.3 Å². The predicted octanol–water partition coefficient (Wildman–Crippen LogP) is 4.36. The van der Waals surface area contributed by atoms with Gasteiger partial charge in [-0.05, 0) is 36.4 Å². The summed E-state index contributed by atoms with van der Waals surface area (Å²) in [6.45, 7) is 4.37. The Bertz CT molecular complexity index is 507. The normalized spacial score (nSPS) is 14.1. The number of anilines is 1. The number of benzene rings is 1. The van der Waals surface area contributed by atoms with Crippen molar-refractivity contribution >= 4 is 17.0 Å². The van der Waals surface area contributed by atoms with Gasteiger partial charge in [-0.1, -0.05) is 31.2 Å². The van der Waals surface area contributed by atoms with Gasteiger partial charge in [0.15, 0.2) is 0 Å². The van der Waals surface area contributed by atoms with E-state index >= 15 is 0 Å². The third-order valence-corrected chi connectivity index (χ3v) is 4.73. The van der Waals surface area contributed by atoms with Gasteiger partial charge in [0.2, 0.25) is 0 Å². The Balaban J connectivity index is 2.31. The van der Waals surface area contributed by atoms with Gasteiger partial charge in [-0.15, -0.1) is 11.3 Å². The van der Waals surface area contributed by atoms with Crippen LogP contribution >= 0.6 is 11.3 Å². The molecule has 2 aromatic rings. The summed E-state index contributed by atoms with van der Waals surface area (Å²) >= 11 is 1.80. The molecule has 0 saturated heterocycles. The van der Waals surface area contributed by atoms with E-state index in [4.69, 9.17) is 5.73 Å². The smallest absolute Gasteiger partial charge is 0.0603 e. The average molecular weight is 274 g/mol. The molecular weight excluding hydrogens is 252 g/mol. The lowest BCUT2D eigenvalue weighted by Gasteiger charge is -2.29. The Morgan fingerprint density at radius 2 is 1.95 bits per heavy atom. The summed E-state index contributed by atoms with van der Waals surface area (Å²) in [4.78, 5) is 3.69. The summed E-state index contributed by atoms with van der Waals surface area (Å²) in [6.07, 6.45) is 0.957. The molecule has 102 valence electrons. The Labute approximate surface area is 119 Å². The van der Waals surface area contributed by atoms with E-state index in [2.05, 4.69) is 67.6 Å². The Morgan fingerprint density at radius 3 is 2.58 bits per heavy atom. The van der Waals surface area contributed by atoms with Crippen LogP contribution in [0, 0.1) is 0 Å². The Hall–Kier alpha value is -1.32. The summed E-state index contributed by atoms with van der Waals surface area (Å²) in [5, 5.41) is 2.13. The molecule has 0 aliphatic carbocycles. The van der Waals surface area contributed by atoms with E-state index in [1.165, 1.54) is 16.1 Å². The molecule has 0 aliphatic rings. The van der Waals surface area contributed by atoms with Crippen molar-refractivity contribution in [1.29, 1.82) is 0 Å². The molecule has 1 aromatic heterocycles. The second-order valence-corrected chi connectivity index (χ2v) is 5.86. The van der Waals surface area contributed by atoms with E-state index in [0.29, 0.717) is 6.04 Å². The van der Waals surface area contributed by atoms with Crippen LogP contribution in [0.15, 0.2) is 41.8 Å². The molecule has 0 radical (unpaired) electrons. The summed E-state index contributed by atoms with van der Waals surface area (Å²) in [5.74, 6) is 0. The van der Waals surface area contributed by atoms with Crippen molar-refractivity contribution in [3.63, 3.8) is 0 Å². The molecule has 2 N–H and O–H groups in total. The predicted molar refractivity (Wildman–Crippen MR) is 84.8 cm³/mol. The highest BCUT2D eigenvalue weighted by Crippen LogP contribution is 2.32. The fourth-order valence-electron chi connectivity index (χ4n) is 2.27. The summed E-state index contributed by atoms with van der Waals surface area (Å²) in [5.41, 5.74) is 8.69. The number of rotatable bonds is 5. The molecule has 0 bridgehead atoms. The van der Waals surface area contributed by atoms with Crippen LogP contribution in [0.2, 0.25) is 0 Å². The monoisotopic (exact) mass is 274 g/mol. The van der Waals surface area contributed by atoms with E-state index in [-0.39, 0.29) is 6.04 Å². The molecule has 0 fully saturated rings. The van der Waals surface area contributed by atoms with Gasteiger partial charge in [0.25, 0.3) is 0 Å². The van der Waals surface area contributed by atoms with Gasteiger partial charge >= 0.3 is 0 Å². The molecule has 2 nitrogen and oxygen atoms in total. The highest BCUT2D eigenvalue weighted by molar-refractivity contribution is 7.10. The first-order valence-electron chi connectivity index (χ1n) is 6.75. The fourth-order valence-corrected chi connectivity index (χ4v) is 3.10. The highest BCUT2D eigenvalue weighted by atomic mass is 32.1. The zero-order chi connectivity index (χ0) is 13.8. The van der Waals surface area contributed by atoms with E-state index < -0.39 is 0 Å². The minimum Gasteiger partial charge on any atom is -0.367 e. The second kappa shape index (κ2) is 6.22. The summed E-state index contributed by atoms with van der Waals surface area (Å²) in [6, 6.07) is 13.2. The molecule has 1 aromatic carbocycles. The third kappa shape index (κ3) is 2.99. The first kappa shape index (κ1) is 14.1. The lowest BCUT2D eigenvalue weighted by atomic mass is 10.0. The van der Waals surface area contributed by atoms with Gasteiger partial charge in [0.05, 0.1) is 6.04 Å². The number of para-hydroxylation sites is 1. The Kier molecular flexibility index (Phi) is 4.61. The lowest BCUT2D eigenvalue weighted by Crippen LogP contribution is -2.24. The molecule has 2 atom stereocenters. The first-order valence-corrected chi connectivity index (χ1v) is 7.63. The Morgan fingerprint density at radius 1 is 1.21 bits per heavy atom. The van der Waals surface area contributed by atoms with Crippen LogP contribution in [0.25, 0.3) is 0 Å². The second-order valence-electron chi connectivity index (χ2n) is 4.88. The van der Waals surface area contributed by atoms with Crippen molar-refractivity contribution in [1.82, 2.24) is 0 Å². The maximum atomic E-state index is 6.23. The third-order valence-electron chi connectivity index (χ3n) is 3.69. The van der Waals surface area contributed by atoms with Crippen molar-refractivity contribution < 1.29 is 0 Å². The van der Waals surface area contributed by atoms with E-state index in [1.54, 1.807) is 11.3 Å². The molecular formula is C16H22N2S. The minimum atomic E-state index is 0.106. The molecule has 0 spiro atoms. The van der Waals surface area contributed by atoms with Crippen molar-refractivity contribution in [2.45, 2.75) is 32.4 Å². The summed E-state index contributed by atoms with van der Waals surface area (Å²) < 4.78 is 0. The van der Waals surface area contributed by atoms with Gasteiger partial charge in [-0.2, -0.15) is 0 Å². The maximum Gasteiger partial charge on any atom is 0.0603 e. The number of nitrogens with zero attached hydrogens (tertiary/aromatic N) is 1.